The Morgan fingerprint density at radius 2 is 1.28 bits per heavy atom. The quantitative estimate of drug-likeness (QED) is 0.352. The summed E-state index contributed by atoms with van der Waals surface area (Å²) in [6.45, 7) is 5.40. The molecule has 0 amide bonds. The lowest BCUT2D eigenvalue weighted by Gasteiger charge is -2.07. The largest absolute Gasteiger partial charge is 0.475 e. The number of ketones is 1. The van der Waals surface area contributed by atoms with Gasteiger partial charge in [-0.25, -0.2) is 4.79 Å². The maximum atomic E-state index is 11.3. The number of carboxylic acid groups (broad SMARTS) is 1. The van der Waals surface area contributed by atoms with Crippen molar-refractivity contribution in [3.8, 4) is 0 Å². The minimum Gasteiger partial charge on any atom is -0.475 e. The van der Waals surface area contributed by atoms with E-state index in [0.717, 1.165) is 16.7 Å². The maximum Gasteiger partial charge on any atom is 0.392 e. The highest BCUT2D eigenvalue weighted by atomic mass is 31.1. The van der Waals surface area contributed by atoms with Crippen LogP contribution in [0.4, 0.5) is 26.3 Å². The first-order valence-electron chi connectivity index (χ1n) is 6.83. The Balaban J connectivity index is 0.000000477. The molecule has 25 heavy (non-hydrogen) atoms. The molecule has 0 aromatic heterocycles. The first-order valence-corrected chi connectivity index (χ1v) is 8.25. The number of carbonyl (C=O) groups excluding carboxylic acids is 1. The molecule has 0 radical (unpaired) electrons. The molecule has 0 aliphatic rings. The summed E-state index contributed by atoms with van der Waals surface area (Å²) in [6.07, 6.45) is -11.6. The zero-order valence-corrected chi connectivity index (χ0v) is 14.6. The Morgan fingerprint density at radius 1 is 0.920 bits per heavy atom. The number of halogens is 6. The minimum atomic E-state index is -4.47. The highest BCUT2D eigenvalue weighted by Crippen LogP contribution is 2.30. The van der Waals surface area contributed by atoms with Gasteiger partial charge in [-0.05, 0) is 31.9 Å². The summed E-state index contributed by atoms with van der Waals surface area (Å²) < 4.78 is 67.6. The average molecular weight is 390 g/mol. The van der Waals surface area contributed by atoms with Crippen molar-refractivity contribution in [2.75, 3.05) is 12.3 Å². The van der Waals surface area contributed by atoms with Gasteiger partial charge in [-0.1, -0.05) is 17.7 Å². The van der Waals surface area contributed by atoms with Gasteiger partial charge in [-0.2, -0.15) is 26.3 Å². The molecule has 0 bridgehead atoms. The minimum absolute atomic E-state index is 0.308. The van der Waals surface area contributed by atoms with Crippen LogP contribution in [0.1, 0.15) is 27.0 Å². The Labute approximate surface area is 142 Å². The zero-order valence-electron chi connectivity index (χ0n) is 13.6. The second kappa shape index (κ2) is 9.17. The molecule has 3 nitrogen and oxygen atoms in total. The van der Waals surface area contributed by atoms with Crippen LogP contribution in [0, 0.1) is 20.8 Å². The standard InChI is InChI=1S/C11H12O3.C4H5F6P/c1-6-4-7(2)9(8(3)5-6)10(12)11(13)14;5-3(6,7)1-11-2-4(8,9)10/h4-5H,1-3H3,(H,13,14);11H,1-2H2. The predicted molar refractivity (Wildman–Crippen MR) is 82.8 cm³/mol. The zero-order chi connectivity index (χ0) is 20.0. The van der Waals surface area contributed by atoms with Crippen molar-refractivity contribution in [1.82, 2.24) is 0 Å². The normalized spacial score (nSPS) is 11.6. The van der Waals surface area contributed by atoms with Crippen LogP contribution in [-0.2, 0) is 4.79 Å². The molecule has 0 atom stereocenters. The molecule has 0 saturated heterocycles. The van der Waals surface area contributed by atoms with Gasteiger partial charge in [0.05, 0.1) is 12.3 Å². The Bertz CT molecular complexity index is 586. The Morgan fingerprint density at radius 3 is 1.56 bits per heavy atom. The highest BCUT2D eigenvalue weighted by Gasteiger charge is 2.32. The number of carboxylic acids is 1. The fourth-order valence-corrected chi connectivity index (χ4v) is 2.68. The monoisotopic (exact) mass is 390 g/mol. The van der Waals surface area contributed by atoms with Crippen LogP contribution in [0.2, 0.25) is 0 Å². The summed E-state index contributed by atoms with van der Waals surface area (Å²) >= 11 is 0. The van der Waals surface area contributed by atoms with E-state index in [0.29, 0.717) is 5.56 Å². The molecule has 0 unspecified atom stereocenters. The van der Waals surface area contributed by atoms with E-state index in [1.807, 2.05) is 19.1 Å². The molecule has 0 saturated carbocycles. The van der Waals surface area contributed by atoms with Crippen LogP contribution in [-0.4, -0.2) is 41.5 Å². The van der Waals surface area contributed by atoms with Crippen LogP contribution in [0.5, 0.6) is 0 Å². The first-order chi connectivity index (χ1) is 11.1. The maximum absolute atomic E-state index is 11.3. The lowest BCUT2D eigenvalue weighted by atomic mass is 9.97. The van der Waals surface area contributed by atoms with E-state index in [-0.39, 0.29) is 0 Å². The summed E-state index contributed by atoms with van der Waals surface area (Å²) in [4.78, 5) is 21.8. The number of alkyl halides is 6. The fraction of sp³-hybridized carbons (Fsp3) is 0.467. The Hall–Kier alpha value is -1.63. The highest BCUT2D eigenvalue weighted by molar-refractivity contribution is 7.38. The average Bonchev–Trinajstić information content (AvgIpc) is 2.34. The summed E-state index contributed by atoms with van der Waals surface area (Å²) in [5, 5.41) is 8.60. The fourth-order valence-electron chi connectivity index (χ4n) is 1.99. The summed E-state index contributed by atoms with van der Waals surface area (Å²) in [5.74, 6) is -2.24. The molecule has 1 rings (SSSR count). The van der Waals surface area contributed by atoms with Crippen molar-refractivity contribution in [3.05, 3.63) is 34.4 Å². The molecule has 0 aliphatic carbocycles. The van der Waals surface area contributed by atoms with E-state index in [1.165, 1.54) is 0 Å². The second-order valence-corrected chi connectivity index (χ2v) is 6.45. The van der Waals surface area contributed by atoms with Gasteiger partial charge in [-0.15, -0.1) is 8.58 Å². The second-order valence-electron chi connectivity index (χ2n) is 5.24. The number of aliphatic carboxylic acids is 1. The number of carbonyl (C=O) groups is 2. The van der Waals surface area contributed by atoms with E-state index in [1.54, 1.807) is 13.8 Å². The molecule has 1 aromatic carbocycles. The third-order valence-corrected chi connectivity index (χ3v) is 4.05. The Kier molecular flexibility index (Phi) is 8.58. The summed E-state index contributed by atoms with van der Waals surface area (Å²) in [7, 11) is -1.11. The van der Waals surface area contributed by atoms with E-state index in [2.05, 4.69) is 0 Å². The number of Topliss-reactive ketones (excluding diaryl/α,β-unsaturated/α-hetero) is 1. The van der Waals surface area contributed by atoms with Crippen LogP contribution in [0.25, 0.3) is 0 Å². The smallest absolute Gasteiger partial charge is 0.392 e. The van der Waals surface area contributed by atoms with Crippen molar-refractivity contribution in [3.63, 3.8) is 0 Å². The van der Waals surface area contributed by atoms with Crippen LogP contribution >= 0.6 is 8.58 Å². The predicted octanol–water partition coefficient (Wildman–Crippen LogP) is 4.67. The molecular weight excluding hydrogens is 373 g/mol. The molecule has 0 aliphatic heterocycles. The van der Waals surface area contributed by atoms with Crippen LogP contribution in [0.15, 0.2) is 12.1 Å². The molecule has 10 heteroatoms. The van der Waals surface area contributed by atoms with Gasteiger partial charge < -0.3 is 5.11 Å². The molecule has 1 N–H and O–H groups in total. The van der Waals surface area contributed by atoms with Crippen molar-refractivity contribution in [1.29, 1.82) is 0 Å². The lowest BCUT2D eigenvalue weighted by Crippen LogP contribution is -2.15. The van der Waals surface area contributed by atoms with Gasteiger partial charge in [-0.3, -0.25) is 4.79 Å². The molecule has 1 aromatic rings. The van der Waals surface area contributed by atoms with Crippen LogP contribution in [0.3, 0.4) is 0 Å². The number of aryl methyl sites for hydroxylation is 3. The first kappa shape index (κ1) is 23.4. The number of rotatable bonds is 4. The summed E-state index contributed by atoms with van der Waals surface area (Å²) in [5.41, 5.74) is 2.77. The number of benzene rings is 1. The van der Waals surface area contributed by atoms with Gasteiger partial charge >= 0.3 is 18.3 Å². The van der Waals surface area contributed by atoms with Crippen molar-refractivity contribution >= 4 is 20.3 Å². The third-order valence-electron chi connectivity index (χ3n) is 2.75. The van der Waals surface area contributed by atoms with E-state index < -0.39 is 45.0 Å². The number of hydrogen-bond donors (Lipinski definition) is 1. The third kappa shape index (κ3) is 10.1. The van der Waals surface area contributed by atoms with Crippen molar-refractivity contribution < 1.29 is 41.0 Å². The lowest BCUT2D eigenvalue weighted by molar-refractivity contribution is -0.131. The molecule has 0 spiro atoms. The van der Waals surface area contributed by atoms with E-state index >= 15 is 0 Å². The molecule has 142 valence electrons. The SMILES string of the molecule is Cc1cc(C)c(C(=O)C(=O)O)c(C)c1.FC(F)(F)CPCC(F)(F)F. The van der Waals surface area contributed by atoms with Crippen molar-refractivity contribution in [2.24, 2.45) is 0 Å². The van der Waals surface area contributed by atoms with Gasteiger partial charge in [0.1, 0.15) is 0 Å². The molecule has 0 fully saturated rings. The van der Waals surface area contributed by atoms with E-state index in [4.69, 9.17) is 5.11 Å². The molecular formula is C15H17F6O3P. The van der Waals surface area contributed by atoms with Gasteiger partial charge in [0.2, 0.25) is 0 Å². The van der Waals surface area contributed by atoms with Crippen LogP contribution < -0.4 is 0 Å². The van der Waals surface area contributed by atoms with Gasteiger partial charge in [0.15, 0.2) is 0 Å². The number of hydrogen-bond acceptors (Lipinski definition) is 2. The van der Waals surface area contributed by atoms with E-state index in [9.17, 15) is 35.9 Å². The molecule has 0 heterocycles. The topological polar surface area (TPSA) is 54.4 Å². The van der Waals surface area contributed by atoms with Gasteiger partial charge in [0.25, 0.3) is 5.78 Å². The van der Waals surface area contributed by atoms with Crippen molar-refractivity contribution in [2.45, 2.75) is 33.1 Å². The van der Waals surface area contributed by atoms with Gasteiger partial charge in [0, 0.05) is 5.56 Å². The summed E-state index contributed by atoms with van der Waals surface area (Å²) in [6, 6.07) is 3.62.